The molecule has 0 bridgehead atoms. The van der Waals surface area contributed by atoms with Gasteiger partial charge in [-0.1, -0.05) is 23.5 Å². The maximum absolute atomic E-state index is 13.3. The van der Waals surface area contributed by atoms with E-state index in [4.69, 9.17) is 9.47 Å². The average molecular weight is 384 g/mol. The Labute approximate surface area is 160 Å². The fraction of sp³-hybridized carbons (Fsp3) is 0.421. The van der Waals surface area contributed by atoms with Crippen LogP contribution in [0.4, 0.5) is 5.13 Å². The molecular weight excluding hydrogens is 364 g/mol. The second-order valence-corrected chi connectivity index (χ2v) is 7.82. The van der Waals surface area contributed by atoms with Gasteiger partial charge in [-0.2, -0.15) is 5.10 Å². The molecule has 1 aromatic carbocycles. The van der Waals surface area contributed by atoms with Gasteiger partial charge in [0, 0.05) is 25.6 Å². The Morgan fingerprint density at radius 2 is 2.22 bits per heavy atom. The van der Waals surface area contributed by atoms with Gasteiger partial charge in [-0.3, -0.25) is 9.69 Å². The summed E-state index contributed by atoms with van der Waals surface area (Å²) in [5.74, 6) is 0.501. The number of rotatable bonds is 4. The zero-order chi connectivity index (χ0) is 18.2. The molecule has 8 heteroatoms. The molecule has 0 N–H and O–H groups in total. The van der Waals surface area contributed by atoms with Crippen LogP contribution in [0.2, 0.25) is 0 Å². The van der Waals surface area contributed by atoms with Crippen LogP contribution in [0.3, 0.4) is 0 Å². The molecule has 0 spiro atoms. The van der Waals surface area contributed by atoms with E-state index in [2.05, 4.69) is 10.1 Å². The molecule has 140 valence electrons. The highest BCUT2D eigenvalue weighted by Crippen LogP contribution is 2.31. The highest BCUT2D eigenvalue weighted by atomic mass is 32.1. The lowest BCUT2D eigenvalue weighted by atomic mass is 10.2. The van der Waals surface area contributed by atoms with Gasteiger partial charge < -0.3 is 9.47 Å². The molecule has 27 heavy (non-hydrogen) atoms. The molecule has 5 rings (SSSR count). The van der Waals surface area contributed by atoms with Gasteiger partial charge in [0.25, 0.3) is 5.91 Å². The lowest BCUT2D eigenvalue weighted by molar-refractivity contribution is 0.0912. The number of thiazole rings is 1. The van der Waals surface area contributed by atoms with E-state index >= 15 is 0 Å². The van der Waals surface area contributed by atoms with Crippen molar-refractivity contribution in [2.24, 2.45) is 0 Å². The van der Waals surface area contributed by atoms with Gasteiger partial charge in [-0.25, -0.2) is 9.67 Å². The summed E-state index contributed by atoms with van der Waals surface area (Å²) in [6.45, 7) is 2.67. The number of carbonyl (C=O) groups excluding carboxylic acids is 1. The van der Waals surface area contributed by atoms with Crippen molar-refractivity contribution in [2.45, 2.75) is 31.9 Å². The molecule has 2 aromatic heterocycles. The predicted molar refractivity (Wildman–Crippen MR) is 103 cm³/mol. The highest BCUT2D eigenvalue weighted by Gasteiger charge is 2.29. The summed E-state index contributed by atoms with van der Waals surface area (Å²) in [4.78, 5) is 19.7. The van der Waals surface area contributed by atoms with Crippen LogP contribution in [0.25, 0.3) is 10.2 Å². The van der Waals surface area contributed by atoms with E-state index in [1.54, 1.807) is 15.6 Å². The van der Waals surface area contributed by atoms with E-state index in [0.29, 0.717) is 29.9 Å². The molecule has 1 amide bonds. The van der Waals surface area contributed by atoms with Crippen molar-refractivity contribution in [3.8, 4) is 5.88 Å². The Bertz CT molecular complexity index is 920. The first kappa shape index (κ1) is 16.7. The number of hydrogen-bond acceptors (Lipinski definition) is 6. The number of aryl methyl sites for hydroxylation is 1. The Kier molecular flexibility index (Phi) is 4.29. The lowest BCUT2D eigenvalue weighted by Crippen LogP contribution is -2.37. The van der Waals surface area contributed by atoms with Crippen LogP contribution >= 0.6 is 11.3 Å². The fourth-order valence-electron chi connectivity index (χ4n) is 3.53. The third-order valence-electron chi connectivity index (χ3n) is 4.90. The van der Waals surface area contributed by atoms with E-state index < -0.39 is 0 Å². The van der Waals surface area contributed by atoms with Gasteiger partial charge in [-0.15, -0.1) is 0 Å². The van der Waals surface area contributed by atoms with Gasteiger partial charge in [0.1, 0.15) is 0 Å². The number of carbonyl (C=O) groups is 1. The number of para-hydroxylation sites is 1. The second kappa shape index (κ2) is 6.94. The van der Waals surface area contributed by atoms with Crippen molar-refractivity contribution in [2.75, 3.05) is 24.7 Å². The van der Waals surface area contributed by atoms with E-state index in [9.17, 15) is 4.79 Å². The summed E-state index contributed by atoms with van der Waals surface area (Å²) < 4.78 is 14.2. The number of benzene rings is 1. The SMILES string of the molecule is O=C(c1cc2n(n1)CCCO2)N(C[C@@H]1CCCO1)c1nc2ccccc2s1. The zero-order valence-electron chi connectivity index (χ0n) is 14.8. The average Bonchev–Trinajstić information content (AvgIpc) is 3.44. The summed E-state index contributed by atoms with van der Waals surface area (Å²) >= 11 is 1.52. The molecule has 1 atom stereocenters. The van der Waals surface area contributed by atoms with Gasteiger partial charge in [0.2, 0.25) is 5.88 Å². The summed E-state index contributed by atoms with van der Waals surface area (Å²) in [5, 5.41) is 5.15. The van der Waals surface area contributed by atoms with Crippen molar-refractivity contribution in [3.05, 3.63) is 36.0 Å². The molecular formula is C19H20N4O3S. The van der Waals surface area contributed by atoms with Crippen molar-refractivity contribution in [3.63, 3.8) is 0 Å². The number of anilines is 1. The maximum atomic E-state index is 13.3. The molecule has 4 heterocycles. The predicted octanol–water partition coefficient (Wildman–Crippen LogP) is 3.10. The summed E-state index contributed by atoms with van der Waals surface area (Å²) in [6, 6.07) is 9.66. The number of hydrogen-bond donors (Lipinski definition) is 0. The molecule has 1 fully saturated rings. The third kappa shape index (κ3) is 3.19. The minimum Gasteiger partial charge on any atom is -0.478 e. The molecule has 0 aliphatic carbocycles. The van der Waals surface area contributed by atoms with E-state index in [-0.39, 0.29) is 12.0 Å². The van der Waals surface area contributed by atoms with E-state index in [0.717, 1.165) is 42.6 Å². The van der Waals surface area contributed by atoms with Crippen molar-refractivity contribution < 1.29 is 14.3 Å². The van der Waals surface area contributed by atoms with Gasteiger partial charge in [0.15, 0.2) is 10.8 Å². The van der Waals surface area contributed by atoms with Crippen molar-refractivity contribution in [1.82, 2.24) is 14.8 Å². The lowest BCUT2D eigenvalue weighted by Gasteiger charge is -2.22. The highest BCUT2D eigenvalue weighted by molar-refractivity contribution is 7.22. The second-order valence-electron chi connectivity index (χ2n) is 6.81. The van der Waals surface area contributed by atoms with E-state index in [1.807, 2.05) is 24.3 Å². The molecule has 0 radical (unpaired) electrons. The van der Waals surface area contributed by atoms with Crippen LogP contribution < -0.4 is 9.64 Å². The Hall–Kier alpha value is -2.45. The van der Waals surface area contributed by atoms with Gasteiger partial charge >= 0.3 is 0 Å². The van der Waals surface area contributed by atoms with Crippen LogP contribution in [0.15, 0.2) is 30.3 Å². The molecule has 0 saturated carbocycles. The molecule has 2 aliphatic rings. The van der Waals surface area contributed by atoms with Crippen LogP contribution in [0.1, 0.15) is 29.8 Å². The first-order chi connectivity index (χ1) is 13.3. The molecule has 3 aromatic rings. The van der Waals surface area contributed by atoms with Crippen LogP contribution in [0.5, 0.6) is 5.88 Å². The van der Waals surface area contributed by atoms with Crippen LogP contribution in [0, 0.1) is 0 Å². The fourth-order valence-corrected chi connectivity index (χ4v) is 4.50. The Morgan fingerprint density at radius 3 is 3.04 bits per heavy atom. The zero-order valence-corrected chi connectivity index (χ0v) is 15.7. The topological polar surface area (TPSA) is 69.5 Å². The molecule has 2 aliphatic heterocycles. The minimum atomic E-state index is -0.157. The van der Waals surface area contributed by atoms with Crippen LogP contribution in [-0.4, -0.2) is 46.5 Å². The maximum Gasteiger partial charge on any atom is 0.280 e. The minimum absolute atomic E-state index is 0.0365. The standard InChI is InChI=1S/C19H20N4O3S/c24-18(15-11-17-23(21-15)8-4-10-26-17)22(12-13-5-3-9-25-13)19-20-14-6-1-2-7-16(14)27-19/h1-2,6-7,11,13H,3-5,8-10,12H2/t13-/m0/s1. The number of aromatic nitrogens is 3. The summed E-state index contributed by atoms with van der Waals surface area (Å²) in [7, 11) is 0. The largest absolute Gasteiger partial charge is 0.478 e. The number of amides is 1. The van der Waals surface area contributed by atoms with Gasteiger partial charge in [-0.05, 0) is 25.0 Å². The summed E-state index contributed by atoms with van der Waals surface area (Å²) in [5.41, 5.74) is 1.29. The van der Waals surface area contributed by atoms with E-state index in [1.165, 1.54) is 11.3 Å². The number of nitrogens with zero attached hydrogens (tertiary/aromatic N) is 4. The quantitative estimate of drug-likeness (QED) is 0.691. The number of fused-ring (bicyclic) bond motifs is 2. The molecule has 7 nitrogen and oxygen atoms in total. The summed E-state index contributed by atoms with van der Waals surface area (Å²) in [6.07, 6.45) is 2.92. The third-order valence-corrected chi connectivity index (χ3v) is 5.95. The Morgan fingerprint density at radius 1 is 1.30 bits per heavy atom. The molecule has 0 unspecified atom stereocenters. The van der Waals surface area contributed by atoms with Gasteiger partial charge in [0.05, 0.1) is 29.5 Å². The van der Waals surface area contributed by atoms with Crippen molar-refractivity contribution in [1.29, 1.82) is 0 Å². The first-order valence-electron chi connectivity index (χ1n) is 9.27. The molecule has 1 saturated heterocycles. The normalized spacial score (nSPS) is 19.0. The Balaban J connectivity index is 1.50. The van der Waals surface area contributed by atoms with Crippen molar-refractivity contribution >= 4 is 32.6 Å². The monoisotopic (exact) mass is 384 g/mol. The number of ether oxygens (including phenoxy) is 2. The van der Waals surface area contributed by atoms with Crippen LogP contribution in [-0.2, 0) is 11.3 Å². The first-order valence-corrected chi connectivity index (χ1v) is 10.1. The smallest absolute Gasteiger partial charge is 0.280 e.